The average Bonchev–Trinajstić information content (AvgIpc) is 3.19. The summed E-state index contributed by atoms with van der Waals surface area (Å²) in [7, 11) is 1.48. The summed E-state index contributed by atoms with van der Waals surface area (Å²) in [5.74, 6) is -0.797. The van der Waals surface area contributed by atoms with Gasteiger partial charge in [0.2, 0.25) is 0 Å². The Balaban J connectivity index is 4.27. The number of unbranched alkanes of at least 4 members (excludes halogenated alkanes) is 27. The number of phosphoric acid groups is 1. The Bertz CT molecular complexity index is 1060. The fraction of sp³-hybridized carbons (Fsp3) is 0.878. The van der Waals surface area contributed by atoms with Crippen molar-refractivity contribution >= 4 is 19.8 Å². The predicted octanol–water partition coefficient (Wildman–Crippen LogP) is 14.3. The van der Waals surface area contributed by atoms with E-state index in [1.54, 1.807) is 0 Å². The van der Waals surface area contributed by atoms with Crippen LogP contribution in [0.3, 0.4) is 0 Å². The van der Waals surface area contributed by atoms with E-state index in [2.05, 4.69) is 38.2 Å². The lowest BCUT2D eigenvalue weighted by Gasteiger charge is -2.24. The number of hydrogen-bond acceptors (Lipinski definition) is 7. The molecule has 0 saturated heterocycles. The first-order valence-corrected chi connectivity index (χ1v) is 26.1. The first-order valence-electron chi connectivity index (χ1n) is 24.6. The largest absolute Gasteiger partial charge is 0.472 e. The second-order valence-electron chi connectivity index (χ2n) is 17.9. The Morgan fingerprint density at radius 2 is 0.915 bits per heavy atom. The highest BCUT2D eigenvalue weighted by atomic mass is 31.2. The van der Waals surface area contributed by atoms with Gasteiger partial charge in [0.05, 0.1) is 27.7 Å². The van der Waals surface area contributed by atoms with Gasteiger partial charge in [-0.1, -0.05) is 192 Å². The van der Waals surface area contributed by atoms with Crippen LogP contribution in [0.25, 0.3) is 0 Å². The van der Waals surface area contributed by atoms with Crippen LogP contribution in [0, 0.1) is 0 Å². The van der Waals surface area contributed by atoms with Crippen molar-refractivity contribution in [3.63, 3.8) is 0 Å². The predicted molar refractivity (Wildman–Crippen MR) is 247 cm³/mol. The topological polar surface area (TPSA) is 108 Å². The molecule has 9 nitrogen and oxygen atoms in total. The molecule has 0 rings (SSSR count). The summed E-state index contributed by atoms with van der Waals surface area (Å²) in [4.78, 5) is 35.5. The molecule has 0 aromatic heterocycles. The molecule has 0 aromatic rings. The van der Waals surface area contributed by atoms with E-state index in [1.807, 2.05) is 21.1 Å². The molecule has 0 heterocycles. The quantitative estimate of drug-likeness (QED) is 0.0212. The number of likely N-dealkylation sites (N-methyl/N-ethyl adjacent to an activating group) is 1. The number of esters is 2. The van der Waals surface area contributed by atoms with Crippen LogP contribution in [0.1, 0.15) is 226 Å². The van der Waals surface area contributed by atoms with Gasteiger partial charge in [-0.25, -0.2) is 4.57 Å². The fourth-order valence-electron chi connectivity index (χ4n) is 6.87. The number of carbonyl (C=O) groups excluding carboxylic acids is 2. The van der Waals surface area contributed by atoms with Crippen LogP contribution in [0.5, 0.6) is 0 Å². The molecular weight excluding hydrogens is 762 g/mol. The van der Waals surface area contributed by atoms with Crippen molar-refractivity contribution in [1.82, 2.24) is 0 Å². The molecule has 0 fully saturated rings. The summed E-state index contributed by atoms with van der Waals surface area (Å²) < 4.78 is 34.4. The smallest absolute Gasteiger partial charge is 0.462 e. The molecule has 1 unspecified atom stereocenters. The third-order valence-corrected chi connectivity index (χ3v) is 11.7. The molecule has 0 aliphatic heterocycles. The van der Waals surface area contributed by atoms with Crippen LogP contribution < -0.4 is 0 Å². The molecule has 2 atom stereocenters. The minimum atomic E-state index is -4.38. The minimum Gasteiger partial charge on any atom is -0.462 e. The summed E-state index contributed by atoms with van der Waals surface area (Å²) in [6.07, 6.45) is 46.5. The zero-order valence-electron chi connectivity index (χ0n) is 39.2. The molecule has 59 heavy (non-hydrogen) atoms. The highest BCUT2D eigenvalue weighted by Crippen LogP contribution is 2.43. The summed E-state index contributed by atoms with van der Waals surface area (Å²) in [5.41, 5.74) is 0. The minimum absolute atomic E-state index is 0.0325. The molecule has 0 amide bonds. The average molecular weight is 857 g/mol. The van der Waals surface area contributed by atoms with Gasteiger partial charge in [0.1, 0.15) is 19.8 Å². The number of quaternary nitrogens is 1. The number of phosphoric ester groups is 1. The Morgan fingerprint density at radius 3 is 1.37 bits per heavy atom. The van der Waals surface area contributed by atoms with Crippen LogP contribution in [0.15, 0.2) is 24.3 Å². The van der Waals surface area contributed by atoms with Crippen molar-refractivity contribution in [1.29, 1.82) is 0 Å². The van der Waals surface area contributed by atoms with Crippen LogP contribution in [-0.2, 0) is 32.7 Å². The van der Waals surface area contributed by atoms with Crippen molar-refractivity contribution in [2.24, 2.45) is 0 Å². The molecule has 10 heteroatoms. The molecule has 1 N–H and O–H groups in total. The highest BCUT2D eigenvalue weighted by molar-refractivity contribution is 7.47. The molecule has 0 aromatic carbocycles. The van der Waals surface area contributed by atoms with E-state index in [9.17, 15) is 19.0 Å². The molecule has 0 bridgehead atoms. The van der Waals surface area contributed by atoms with Crippen molar-refractivity contribution in [3.8, 4) is 0 Å². The second kappa shape index (κ2) is 41.8. The van der Waals surface area contributed by atoms with Gasteiger partial charge in [0, 0.05) is 12.8 Å². The number of nitrogens with zero attached hydrogens (tertiary/aromatic N) is 1. The van der Waals surface area contributed by atoms with Crippen molar-refractivity contribution in [3.05, 3.63) is 24.3 Å². The van der Waals surface area contributed by atoms with Gasteiger partial charge in [-0.3, -0.25) is 18.6 Å². The maximum atomic E-state index is 12.7. The standard InChI is InChI=1S/C49H94NO8P/c1-6-8-10-12-14-16-18-20-22-24-26-28-30-32-34-36-38-40-42-49(52)58-47(46-57-59(53,54)56-44-43-50(3,4)5)45-55-48(51)41-39-37-35-33-31-29-27-25-23-21-19-17-15-13-11-9-7-2/h15,17,21,23,47H,6-14,16,18-20,22,24-46H2,1-5H3/p+1/b17-15-,23-21-/t47-/m1/s1. The van der Waals surface area contributed by atoms with E-state index in [1.165, 1.54) is 141 Å². The molecular formula is C49H95NO8P+. The third kappa shape index (κ3) is 45.8. The highest BCUT2D eigenvalue weighted by Gasteiger charge is 2.27. The third-order valence-electron chi connectivity index (χ3n) is 10.7. The van der Waals surface area contributed by atoms with Crippen molar-refractivity contribution in [2.75, 3.05) is 47.5 Å². The Hall–Kier alpha value is -1.51. The number of ether oxygens (including phenoxy) is 2. The fourth-order valence-corrected chi connectivity index (χ4v) is 7.61. The van der Waals surface area contributed by atoms with Gasteiger partial charge in [-0.05, 0) is 44.9 Å². The number of allylic oxidation sites excluding steroid dienone is 4. The summed E-state index contributed by atoms with van der Waals surface area (Å²) >= 11 is 0. The summed E-state index contributed by atoms with van der Waals surface area (Å²) in [6.45, 7) is 4.42. The molecule has 0 saturated carbocycles. The van der Waals surface area contributed by atoms with E-state index in [-0.39, 0.29) is 32.0 Å². The monoisotopic (exact) mass is 857 g/mol. The summed E-state index contributed by atoms with van der Waals surface area (Å²) in [6, 6.07) is 0. The van der Waals surface area contributed by atoms with E-state index >= 15 is 0 Å². The Labute approximate surface area is 364 Å². The number of rotatable bonds is 45. The maximum absolute atomic E-state index is 12.7. The van der Waals surface area contributed by atoms with Crippen LogP contribution in [0.4, 0.5) is 0 Å². The lowest BCUT2D eigenvalue weighted by molar-refractivity contribution is -0.870. The number of carbonyl (C=O) groups is 2. The lowest BCUT2D eigenvalue weighted by atomic mass is 10.0. The van der Waals surface area contributed by atoms with Crippen molar-refractivity contribution in [2.45, 2.75) is 232 Å². The SMILES string of the molecule is CCCCC/C=C\C/C=C\CCCCCCCCCC(=O)OC[C@H](COP(=O)(O)OCC[N+](C)(C)C)OC(=O)CCCCCCCCCCCCCCCCCCCC. The maximum Gasteiger partial charge on any atom is 0.472 e. The Morgan fingerprint density at radius 1 is 0.525 bits per heavy atom. The van der Waals surface area contributed by atoms with Gasteiger partial charge < -0.3 is 18.9 Å². The van der Waals surface area contributed by atoms with Crippen LogP contribution in [0.2, 0.25) is 0 Å². The van der Waals surface area contributed by atoms with Gasteiger partial charge in [-0.15, -0.1) is 0 Å². The molecule has 0 spiro atoms. The lowest BCUT2D eigenvalue weighted by Crippen LogP contribution is -2.37. The van der Waals surface area contributed by atoms with Crippen LogP contribution >= 0.6 is 7.82 Å². The van der Waals surface area contributed by atoms with Gasteiger partial charge in [-0.2, -0.15) is 0 Å². The van der Waals surface area contributed by atoms with Crippen molar-refractivity contribution < 1.29 is 42.1 Å². The van der Waals surface area contributed by atoms with Crippen LogP contribution in [-0.4, -0.2) is 74.9 Å². The first kappa shape index (κ1) is 57.5. The summed E-state index contributed by atoms with van der Waals surface area (Å²) in [5, 5.41) is 0. The van der Waals surface area contributed by atoms with Gasteiger partial charge in [0.25, 0.3) is 0 Å². The zero-order chi connectivity index (χ0) is 43.6. The van der Waals surface area contributed by atoms with E-state index in [0.29, 0.717) is 17.4 Å². The van der Waals surface area contributed by atoms with Gasteiger partial charge >= 0.3 is 19.8 Å². The molecule has 0 aliphatic rings. The normalized spacial score (nSPS) is 13.7. The molecule has 0 aliphatic carbocycles. The molecule has 0 radical (unpaired) electrons. The first-order chi connectivity index (χ1) is 28.5. The molecule has 348 valence electrons. The second-order valence-corrected chi connectivity index (χ2v) is 19.3. The van der Waals surface area contributed by atoms with E-state index < -0.39 is 26.5 Å². The van der Waals surface area contributed by atoms with E-state index in [4.69, 9.17) is 18.5 Å². The zero-order valence-corrected chi connectivity index (χ0v) is 40.1. The number of hydrogen-bond donors (Lipinski definition) is 1. The van der Waals surface area contributed by atoms with E-state index in [0.717, 1.165) is 51.4 Å². The van der Waals surface area contributed by atoms with Gasteiger partial charge in [0.15, 0.2) is 6.10 Å². The Kier molecular flexibility index (Phi) is 40.8.